The van der Waals surface area contributed by atoms with Gasteiger partial charge in [-0.25, -0.2) is 8.78 Å². The average molecular weight is 304 g/mol. The Balaban J connectivity index is 2.42. The van der Waals surface area contributed by atoms with Gasteiger partial charge in [0.15, 0.2) is 5.78 Å². The number of carboxylic acid groups (broad SMARTS) is 1. The Morgan fingerprint density at radius 1 is 1.09 bits per heavy atom. The maximum atomic E-state index is 13.9. The summed E-state index contributed by atoms with van der Waals surface area (Å²) in [6.07, 6.45) is -0.185. The number of hydrogen-bond acceptors (Lipinski definition) is 2. The van der Waals surface area contributed by atoms with E-state index in [1.807, 2.05) is 0 Å². The first-order valence-corrected chi connectivity index (χ1v) is 6.70. The number of ketones is 1. The van der Waals surface area contributed by atoms with Crippen LogP contribution in [-0.4, -0.2) is 16.9 Å². The highest BCUT2D eigenvalue weighted by Gasteiger charge is 2.20. The first-order valence-electron chi connectivity index (χ1n) is 6.70. The summed E-state index contributed by atoms with van der Waals surface area (Å²) >= 11 is 0. The number of aliphatic carboxylic acids is 1. The summed E-state index contributed by atoms with van der Waals surface area (Å²) in [7, 11) is 0. The van der Waals surface area contributed by atoms with Crippen LogP contribution >= 0.6 is 0 Å². The maximum Gasteiger partial charge on any atom is 0.306 e. The van der Waals surface area contributed by atoms with Crippen LogP contribution in [0.15, 0.2) is 42.5 Å². The van der Waals surface area contributed by atoms with Gasteiger partial charge in [0.1, 0.15) is 11.6 Å². The van der Waals surface area contributed by atoms with Crippen molar-refractivity contribution < 1.29 is 23.5 Å². The SMILES string of the molecule is C[C@H](CC(=O)c1ccccc1-c1ccc(F)cc1F)C(=O)O. The molecule has 1 atom stereocenters. The quantitative estimate of drug-likeness (QED) is 0.852. The predicted molar refractivity (Wildman–Crippen MR) is 77.5 cm³/mol. The molecule has 0 aliphatic carbocycles. The van der Waals surface area contributed by atoms with E-state index in [4.69, 9.17) is 5.11 Å². The highest BCUT2D eigenvalue weighted by atomic mass is 19.1. The minimum Gasteiger partial charge on any atom is -0.481 e. The predicted octanol–water partition coefficient (Wildman–Crippen LogP) is 3.93. The zero-order chi connectivity index (χ0) is 16.3. The summed E-state index contributed by atoms with van der Waals surface area (Å²) in [6.45, 7) is 1.43. The van der Waals surface area contributed by atoms with Crippen molar-refractivity contribution in [3.63, 3.8) is 0 Å². The van der Waals surface area contributed by atoms with Crippen molar-refractivity contribution in [2.45, 2.75) is 13.3 Å². The Bertz CT molecular complexity index is 726. The highest BCUT2D eigenvalue weighted by molar-refractivity contribution is 6.03. The lowest BCUT2D eigenvalue weighted by Crippen LogP contribution is -2.15. The monoisotopic (exact) mass is 304 g/mol. The fourth-order valence-electron chi connectivity index (χ4n) is 2.14. The van der Waals surface area contributed by atoms with Gasteiger partial charge in [-0.3, -0.25) is 9.59 Å². The number of halogens is 2. The van der Waals surface area contributed by atoms with E-state index in [0.29, 0.717) is 5.56 Å². The van der Waals surface area contributed by atoms with Crippen molar-refractivity contribution in [2.75, 3.05) is 0 Å². The second-order valence-electron chi connectivity index (χ2n) is 5.04. The van der Waals surface area contributed by atoms with Crippen LogP contribution in [0.25, 0.3) is 11.1 Å². The topological polar surface area (TPSA) is 54.4 Å². The van der Waals surface area contributed by atoms with Crippen molar-refractivity contribution in [3.8, 4) is 11.1 Å². The molecular weight excluding hydrogens is 290 g/mol. The Kier molecular flexibility index (Phi) is 4.65. The van der Waals surface area contributed by atoms with Crippen molar-refractivity contribution in [3.05, 3.63) is 59.7 Å². The minimum atomic E-state index is -1.07. The fraction of sp³-hybridized carbons (Fsp3) is 0.176. The second kappa shape index (κ2) is 6.47. The molecule has 0 aliphatic rings. The maximum absolute atomic E-state index is 13.9. The number of benzene rings is 2. The summed E-state index contributed by atoms with van der Waals surface area (Å²) in [4.78, 5) is 23.1. The molecule has 0 radical (unpaired) electrons. The average Bonchev–Trinajstić information content (AvgIpc) is 2.47. The van der Waals surface area contributed by atoms with E-state index in [0.717, 1.165) is 12.1 Å². The van der Waals surface area contributed by atoms with Crippen LogP contribution in [0.3, 0.4) is 0 Å². The smallest absolute Gasteiger partial charge is 0.306 e. The van der Waals surface area contributed by atoms with Crippen molar-refractivity contribution >= 4 is 11.8 Å². The van der Waals surface area contributed by atoms with E-state index < -0.39 is 29.3 Å². The van der Waals surface area contributed by atoms with Gasteiger partial charge in [-0.15, -0.1) is 0 Å². The van der Waals surface area contributed by atoms with Crippen molar-refractivity contribution in [1.29, 1.82) is 0 Å². The van der Waals surface area contributed by atoms with Gasteiger partial charge in [0.25, 0.3) is 0 Å². The molecule has 114 valence electrons. The number of rotatable bonds is 5. The zero-order valence-electron chi connectivity index (χ0n) is 11.8. The third-order valence-electron chi connectivity index (χ3n) is 3.36. The molecule has 0 amide bonds. The summed E-state index contributed by atoms with van der Waals surface area (Å²) in [5.74, 6) is -3.78. The molecule has 0 saturated heterocycles. The molecule has 3 nitrogen and oxygen atoms in total. The molecule has 0 bridgehead atoms. The lowest BCUT2D eigenvalue weighted by molar-refractivity contribution is -0.141. The molecule has 2 rings (SSSR count). The molecule has 0 aliphatic heterocycles. The number of carbonyl (C=O) groups excluding carboxylic acids is 1. The van der Waals surface area contributed by atoms with Crippen LogP contribution < -0.4 is 0 Å². The fourth-order valence-corrected chi connectivity index (χ4v) is 2.14. The van der Waals surface area contributed by atoms with E-state index in [1.54, 1.807) is 18.2 Å². The minimum absolute atomic E-state index is 0.105. The third kappa shape index (κ3) is 3.36. The Morgan fingerprint density at radius 2 is 1.77 bits per heavy atom. The number of hydrogen-bond donors (Lipinski definition) is 1. The van der Waals surface area contributed by atoms with Crippen LogP contribution in [0.1, 0.15) is 23.7 Å². The Hall–Kier alpha value is -2.56. The van der Waals surface area contributed by atoms with Crippen LogP contribution in [0.5, 0.6) is 0 Å². The van der Waals surface area contributed by atoms with Gasteiger partial charge in [-0.05, 0) is 17.7 Å². The van der Waals surface area contributed by atoms with Gasteiger partial charge in [-0.1, -0.05) is 31.2 Å². The normalized spacial score (nSPS) is 12.0. The van der Waals surface area contributed by atoms with Crippen molar-refractivity contribution in [1.82, 2.24) is 0 Å². The molecule has 2 aromatic carbocycles. The molecule has 0 spiro atoms. The van der Waals surface area contributed by atoms with Crippen molar-refractivity contribution in [2.24, 2.45) is 5.92 Å². The van der Waals surface area contributed by atoms with Gasteiger partial charge in [0.05, 0.1) is 5.92 Å². The first-order chi connectivity index (χ1) is 10.4. The third-order valence-corrected chi connectivity index (χ3v) is 3.36. The molecular formula is C17H14F2O3. The molecule has 5 heteroatoms. The molecule has 22 heavy (non-hydrogen) atoms. The first kappa shape index (κ1) is 15.8. The molecule has 1 N–H and O–H groups in total. The van der Waals surface area contributed by atoms with Crippen LogP contribution in [0.4, 0.5) is 8.78 Å². The van der Waals surface area contributed by atoms with E-state index in [9.17, 15) is 18.4 Å². The summed E-state index contributed by atoms with van der Waals surface area (Å²) < 4.78 is 26.9. The largest absolute Gasteiger partial charge is 0.481 e. The van der Waals surface area contributed by atoms with Crippen LogP contribution in [0, 0.1) is 17.6 Å². The van der Waals surface area contributed by atoms with Crippen LogP contribution in [0.2, 0.25) is 0 Å². The second-order valence-corrected chi connectivity index (χ2v) is 5.04. The Labute approximate surface area is 126 Å². The summed E-state index contributed by atoms with van der Waals surface area (Å²) in [5, 5.41) is 8.88. The van der Waals surface area contributed by atoms with Gasteiger partial charge in [0, 0.05) is 23.6 Å². The summed E-state index contributed by atoms with van der Waals surface area (Å²) in [5.41, 5.74) is 0.650. The highest BCUT2D eigenvalue weighted by Crippen LogP contribution is 2.28. The molecule has 0 aromatic heterocycles. The lowest BCUT2D eigenvalue weighted by Gasteiger charge is -2.11. The summed E-state index contributed by atoms with van der Waals surface area (Å²) in [6, 6.07) is 9.43. The molecule has 2 aromatic rings. The van der Waals surface area contributed by atoms with E-state index in [-0.39, 0.29) is 17.5 Å². The van der Waals surface area contributed by atoms with E-state index in [1.165, 1.54) is 19.1 Å². The number of carboxylic acids is 1. The van der Waals surface area contributed by atoms with Gasteiger partial charge in [0.2, 0.25) is 0 Å². The number of Topliss-reactive ketones (excluding diaryl/α,β-unsaturated/α-hetero) is 1. The standard InChI is InChI=1S/C17H14F2O3/c1-10(17(21)22)8-16(20)14-5-3-2-4-12(14)13-7-6-11(18)9-15(13)19/h2-7,9-10H,8H2,1H3,(H,21,22)/t10-/m1/s1. The molecule has 0 heterocycles. The van der Waals surface area contributed by atoms with Gasteiger partial charge in [-0.2, -0.15) is 0 Å². The number of carbonyl (C=O) groups is 2. The van der Waals surface area contributed by atoms with Crippen LogP contribution in [-0.2, 0) is 4.79 Å². The molecule has 0 fully saturated rings. The van der Waals surface area contributed by atoms with Gasteiger partial charge >= 0.3 is 5.97 Å². The van der Waals surface area contributed by atoms with Gasteiger partial charge < -0.3 is 5.11 Å². The molecule has 0 unspecified atom stereocenters. The lowest BCUT2D eigenvalue weighted by atomic mass is 9.92. The Morgan fingerprint density at radius 3 is 2.41 bits per heavy atom. The molecule has 0 saturated carbocycles. The zero-order valence-corrected chi connectivity index (χ0v) is 11.8. The van der Waals surface area contributed by atoms with E-state index in [2.05, 4.69) is 0 Å². The van der Waals surface area contributed by atoms with E-state index >= 15 is 0 Å².